The summed E-state index contributed by atoms with van der Waals surface area (Å²) in [4.78, 5) is 14.8. The van der Waals surface area contributed by atoms with Crippen molar-refractivity contribution in [1.29, 1.82) is 0 Å². The lowest BCUT2D eigenvalue weighted by Crippen LogP contribution is -2.14. The normalized spacial score (nSPS) is 11.1. The second-order valence-corrected chi connectivity index (χ2v) is 7.40. The van der Waals surface area contributed by atoms with Crippen molar-refractivity contribution in [3.8, 4) is 11.1 Å². The molecule has 3 rings (SSSR count). The van der Waals surface area contributed by atoms with Gasteiger partial charge in [-0.2, -0.15) is 0 Å². The first-order valence-electron chi connectivity index (χ1n) is 7.90. The summed E-state index contributed by atoms with van der Waals surface area (Å²) < 4.78 is 40.4. The Morgan fingerprint density at radius 1 is 0.963 bits per heavy atom. The topological polar surface area (TPSA) is 96.4 Å². The highest BCUT2D eigenvalue weighted by molar-refractivity contribution is 7.92. The number of aliphatic carboxylic acids is 1. The van der Waals surface area contributed by atoms with Crippen LogP contribution in [0, 0.1) is 5.82 Å². The number of pyridine rings is 1. The number of carboxylic acids is 1. The molecule has 27 heavy (non-hydrogen) atoms. The molecule has 6 nitrogen and oxygen atoms in total. The Morgan fingerprint density at radius 3 is 2.15 bits per heavy atom. The third-order valence-corrected chi connectivity index (χ3v) is 5.09. The summed E-state index contributed by atoms with van der Waals surface area (Å²) in [6.07, 6.45) is -0.304. The van der Waals surface area contributed by atoms with E-state index in [2.05, 4.69) is 9.71 Å². The molecule has 0 radical (unpaired) electrons. The maximum absolute atomic E-state index is 13.0. The molecule has 0 unspecified atom stereocenters. The molecule has 0 bridgehead atoms. The number of aromatic nitrogens is 1. The van der Waals surface area contributed by atoms with E-state index in [0.29, 0.717) is 0 Å². The standard InChI is InChI=1S/C19H15FN2O4S/c20-15-8-4-13(5-9-15)14-6-10-17(11-7-14)27(25,26)22-18-3-1-2-16(21-18)12-19(23)24/h1-11H,12H2,(H,21,22)(H,23,24). The van der Waals surface area contributed by atoms with Crippen LogP contribution in [0.4, 0.5) is 10.2 Å². The van der Waals surface area contributed by atoms with Crippen molar-refractivity contribution in [3.63, 3.8) is 0 Å². The molecule has 1 aromatic heterocycles. The molecule has 1 heterocycles. The minimum Gasteiger partial charge on any atom is -0.481 e. The van der Waals surface area contributed by atoms with Crippen LogP contribution in [0.15, 0.2) is 71.6 Å². The second-order valence-electron chi connectivity index (χ2n) is 5.72. The smallest absolute Gasteiger partial charge is 0.309 e. The Morgan fingerprint density at radius 2 is 1.56 bits per heavy atom. The van der Waals surface area contributed by atoms with Gasteiger partial charge in [-0.05, 0) is 47.5 Å². The zero-order valence-corrected chi connectivity index (χ0v) is 14.8. The van der Waals surface area contributed by atoms with Crippen molar-refractivity contribution in [3.05, 3.63) is 78.2 Å². The maximum atomic E-state index is 13.0. The lowest BCUT2D eigenvalue weighted by Gasteiger charge is -2.09. The van der Waals surface area contributed by atoms with Crippen molar-refractivity contribution in [2.75, 3.05) is 4.72 Å². The summed E-state index contributed by atoms with van der Waals surface area (Å²) in [5.41, 5.74) is 1.75. The number of halogens is 1. The van der Waals surface area contributed by atoms with Crippen LogP contribution in [-0.2, 0) is 21.2 Å². The van der Waals surface area contributed by atoms with E-state index in [4.69, 9.17) is 5.11 Å². The van der Waals surface area contributed by atoms with Gasteiger partial charge in [0.25, 0.3) is 10.0 Å². The van der Waals surface area contributed by atoms with Gasteiger partial charge in [0.15, 0.2) is 0 Å². The number of carbonyl (C=O) groups is 1. The molecule has 2 N–H and O–H groups in total. The van der Waals surface area contributed by atoms with Crippen LogP contribution in [0.5, 0.6) is 0 Å². The first-order chi connectivity index (χ1) is 12.8. The number of hydrogen-bond acceptors (Lipinski definition) is 4. The highest BCUT2D eigenvalue weighted by atomic mass is 32.2. The van der Waals surface area contributed by atoms with Gasteiger partial charge in [0.05, 0.1) is 17.0 Å². The average Bonchev–Trinajstić information content (AvgIpc) is 2.62. The molecular formula is C19H15FN2O4S. The molecule has 0 aliphatic carbocycles. The first kappa shape index (κ1) is 18.5. The third-order valence-electron chi connectivity index (χ3n) is 3.72. The lowest BCUT2D eigenvalue weighted by atomic mass is 10.1. The Hall–Kier alpha value is -3.26. The molecule has 0 saturated heterocycles. The van der Waals surface area contributed by atoms with E-state index < -0.39 is 16.0 Å². The van der Waals surface area contributed by atoms with Crippen LogP contribution in [0.25, 0.3) is 11.1 Å². The van der Waals surface area contributed by atoms with Gasteiger partial charge in [-0.3, -0.25) is 9.52 Å². The van der Waals surface area contributed by atoms with E-state index >= 15 is 0 Å². The fraction of sp³-hybridized carbons (Fsp3) is 0.0526. The van der Waals surface area contributed by atoms with Gasteiger partial charge in [-0.15, -0.1) is 0 Å². The highest BCUT2D eigenvalue weighted by Crippen LogP contribution is 2.22. The quantitative estimate of drug-likeness (QED) is 0.677. The van der Waals surface area contributed by atoms with Crippen molar-refractivity contribution < 1.29 is 22.7 Å². The molecule has 138 valence electrons. The number of carboxylic acid groups (broad SMARTS) is 1. The van der Waals surface area contributed by atoms with Gasteiger partial charge >= 0.3 is 5.97 Å². The minimum atomic E-state index is -3.88. The molecule has 0 saturated carbocycles. The zero-order chi connectivity index (χ0) is 19.4. The molecule has 2 aromatic carbocycles. The Labute approximate surface area is 155 Å². The summed E-state index contributed by atoms with van der Waals surface area (Å²) in [5, 5.41) is 8.80. The van der Waals surface area contributed by atoms with Crippen LogP contribution in [-0.4, -0.2) is 24.5 Å². The summed E-state index contributed by atoms with van der Waals surface area (Å²) in [6.45, 7) is 0. The van der Waals surface area contributed by atoms with E-state index in [0.717, 1.165) is 11.1 Å². The van der Waals surface area contributed by atoms with Gasteiger partial charge in [0.1, 0.15) is 11.6 Å². The maximum Gasteiger partial charge on any atom is 0.309 e. The molecule has 0 atom stereocenters. The summed E-state index contributed by atoms with van der Waals surface area (Å²) in [6, 6.07) is 16.5. The van der Waals surface area contributed by atoms with E-state index in [1.807, 2.05) is 0 Å². The predicted octanol–water partition coefficient (Wildman–Crippen LogP) is 3.32. The van der Waals surface area contributed by atoms with Crippen molar-refractivity contribution >= 4 is 21.8 Å². The van der Waals surface area contributed by atoms with E-state index in [9.17, 15) is 17.6 Å². The Kier molecular flexibility index (Phi) is 5.18. The minimum absolute atomic E-state index is 0.0267. The van der Waals surface area contributed by atoms with Crippen molar-refractivity contribution in [2.45, 2.75) is 11.3 Å². The number of rotatable bonds is 6. The lowest BCUT2D eigenvalue weighted by molar-refractivity contribution is -0.136. The summed E-state index contributed by atoms with van der Waals surface area (Å²) in [5.74, 6) is -1.37. The molecule has 0 fully saturated rings. The van der Waals surface area contributed by atoms with E-state index in [-0.39, 0.29) is 28.6 Å². The van der Waals surface area contributed by atoms with Gasteiger partial charge in [0, 0.05) is 0 Å². The number of anilines is 1. The second kappa shape index (κ2) is 7.55. The van der Waals surface area contributed by atoms with E-state index in [1.165, 1.54) is 42.5 Å². The van der Waals surface area contributed by atoms with Crippen LogP contribution < -0.4 is 4.72 Å². The largest absolute Gasteiger partial charge is 0.481 e. The number of benzene rings is 2. The molecule has 3 aromatic rings. The van der Waals surface area contributed by atoms with Gasteiger partial charge < -0.3 is 5.11 Å². The molecule has 0 amide bonds. The first-order valence-corrected chi connectivity index (χ1v) is 9.38. The molecule has 0 aliphatic rings. The van der Waals surface area contributed by atoms with Crippen LogP contribution in [0.1, 0.15) is 5.69 Å². The van der Waals surface area contributed by atoms with Crippen LogP contribution in [0.3, 0.4) is 0 Å². The monoisotopic (exact) mass is 386 g/mol. The van der Waals surface area contributed by atoms with Gasteiger partial charge in [-0.1, -0.05) is 30.3 Å². The van der Waals surface area contributed by atoms with Crippen LogP contribution >= 0.6 is 0 Å². The number of hydrogen-bond donors (Lipinski definition) is 2. The van der Waals surface area contributed by atoms with Gasteiger partial charge in [-0.25, -0.2) is 17.8 Å². The highest BCUT2D eigenvalue weighted by Gasteiger charge is 2.15. The fourth-order valence-electron chi connectivity index (χ4n) is 2.46. The molecule has 8 heteroatoms. The van der Waals surface area contributed by atoms with E-state index in [1.54, 1.807) is 24.3 Å². The Balaban J connectivity index is 1.81. The SMILES string of the molecule is O=C(O)Cc1cccc(NS(=O)(=O)c2ccc(-c3ccc(F)cc3)cc2)n1. The van der Waals surface area contributed by atoms with Crippen molar-refractivity contribution in [1.82, 2.24) is 4.98 Å². The molecule has 0 aliphatic heterocycles. The third kappa shape index (κ3) is 4.68. The average molecular weight is 386 g/mol. The van der Waals surface area contributed by atoms with Crippen LogP contribution in [0.2, 0.25) is 0 Å². The van der Waals surface area contributed by atoms with Gasteiger partial charge in [0.2, 0.25) is 0 Å². The number of nitrogens with one attached hydrogen (secondary N) is 1. The summed E-state index contributed by atoms with van der Waals surface area (Å²) >= 11 is 0. The molecule has 0 spiro atoms. The molecular weight excluding hydrogens is 371 g/mol. The number of sulfonamides is 1. The summed E-state index contributed by atoms with van der Waals surface area (Å²) in [7, 11) is -3.88. The van der Waals surface area contributed by atoms with Crippen molar-refractivity contribution in [2.24, 2.45) is 0 Å². The zero-order valence-electron chi connectivity index (χ0n) is 14.0. The fourth-order valence-corrected chi connectivity index (χ4v) is 3.46. The Bertz CT molecular complexity index is 1070. The predicted molar refractivity (Wildman–Crippen MR) is 98.2 cm³/mol. The number of nitrogens with zero attached hydrogens (tertiary/aromatic N) is 1.